The highest BCUT2D eigenvalue weighted by atomic mass is 35.5. The third-order valence-electron chi connectivity index (χ3n) is 2.92. The average molecular weight is 277 g/mol. The molecule has 98 valence electrons. The zero-order chi connectivity index (χ0) is 13.4. The molecule has 3 aromatic rings. The van der Waals surface area contributed by atoms with Crippen LogP contribution in [0.25, 0.3) is 5.65 Å². The molecule has 2 heterocycles. The smallest absolute Gasteiger partial charge is 0.196 e. The van der Waals surface area contributed by atoms with E-state index in [2.05, 4.69) is 15.3 Å². The minimum atomic E-state index is 0.334. The summed E-state index contributed by atoms with van der Waals surface area (Å²) in [5.74, 6) is 1.49. The van der Waals surface area contributed by atoms with E-state index in [0.717, 1.165) is 11.4 Å². The van der Waals surface area contributed by atoms with Crippen molar-refractivity contribution in [2.45, 2.75) is 20.5 Å². The van der Waals surface area contributed by atoms with E-state index in [-0.39, 0.29) is 0 Å². The minimum Gasteiger partial charge on any atom is -0.486 e. The van der Waals surface area contributed by atoms with Gasteiger partial charge in [0.05, 0.1) is 5.69 Å². The van der Waals surface area contributed by atoms with Gasteiger partial charge < -0.3 is 4.74 Å². The number of halogens is 1. The highest BCUT2D eigenvalue weighted by Crippen LogP contribution is 2.20. The second-order valence-electron chi connectivity index (χ2n) is 4.43. The van der Waals surface area contributed by atoms with Crippen molar-refractivity contribution in [2.24, 2.45) is 0 Å². The van der Waals surface area contributed by atoms with E-state index in [1.807, 2.05) is 38.1 Å². The van der Waals surface area contributed by atoms with Gasteiger partial charge in [-0.1, -0.05) is 29.3 Å². The molecule has 1 N–H and O–H groups in total. The van der Waals surface area contributed by atoms with Crippen LogP contribution >= 0.6 is 11.6 Å². The molecule has 5 nitrogen and oxygen atoms in total. The Morgan fingerprint density at radius 2 is 1.95 bits per heavy atom. The Morgan fingerprint density at radius 3 is 2.68 bits per heavy atom. The first-order chi connectivity index (χ1) is 9.15. The summed E-state index contributed by atoms with van der Waals surface area (Å²) in [6.07, 6.45) is 0. The quantitative estimate of drug-likeness (QED) is 0.800. The number of aromatic amines is 1. The Morgan fingerprint density at radius 1 is 1.21 bits per heavy atom. The van der Waals surface area contributed by atoms with Gasteiger partial charge in [-0.2, -0.15) is 0 Å². The van der Waals surface area contributed by atoms with Crippen molar-refractivity contribution in [3.63, 3.8) is 0 Å². The Labute approximate surface area is 115 Å². The van der Waals surface area contributed by atoms with Crippen LogP contribution in [-0.2, 0) is 6.61 Å². The maximum absolute atomic E-state index is 6.09. The molecular formula is C13H13ClN4O. The van der Waals surface area contributed by atoms with Gasteiger partial charge in [0.15, 0.2) is 11.5 Å². The van der Waals surface area contributed by atoms with Gasteiger partial charge in [-0.25, -0.2) is 4.52 Å². The SMILES string of the molecule is Cc1ccc(OCc2nnc3c(Cl)c(C)[nH]n23)cc1. The lowest BCUT2D eigenvalue weighted by atomic mass is 10.2. The lowest BCUT2D eigenvalue weighted by Crippen LogP contribution is -2.02. The molecule has 3 rings (SSSR count). The van der Waals surface area contributed by atoms with Gasteiger partial charge in [-0.15, -0.1) is 10.2 Å². The molecule has 0 unspecified atom stereocenters. The van der Waals surface area contributed by atoms with E-state index in [4.69, 9.17) is 16.3 Å². The number of H-pyrrole nitrogens is 1. The van der Waals surface area contributed by atoms with Crippen molar-refractivity contribution in [1.82, 2.24) is 19.8 Å². The molecule has 1 aromatic carbocycles. The summed E-state index contributed by atoms with van der Waals surface area (Å²) in [7, 11) is 0. The third kappa shape index (κ3) is 2.17. The molecular weight excluding hydrogens is 264 g/mol. The van der Waals surface area contributed by atoms with E-state index in [1.54, 1.807) is 4.52 Å². The minimum absolute atomic E-state index is 0.334. The van der Waals surface area contributed by atoms with Crippen LogP contribution in [0.1, 0.15) is 17.1 Å². The molecule has 6 heteroatoms. The number of hydrogen-bond donors (Lipinski definition) is 1. The van der Waals surface area contributed by atoms with Crippen LogP contribution in [0.5, 0.6) is 5.75 Å². The molecule has 0 aliphatic rings. The molecule has 0 saturated carbocycles. The van der Waals surface area contributed by atoms with Crippen LogP contribution < -0.4 is 4.74 Å². The van der Waals surface area contributed by atoms with Gasteiger partial charge in [-0.3, -0.25) is 5.10 Å². The van der Waals surface area contributed by atoms with Crippen LogP contribution in [-0.4, -0.2) is 19.8 Å². The molecule has 0 saturated heterocycles. The zero-order valence-corrected chi connectivity index (χ0v) is 11.4. The fraction of sp³-hybridized carbons (Fsp3) is 0.231. The molecule has 0 atom stereocenters. The van der Waals surface area contributed by atoms with Gasteiger partial charge in [0.1, 0.15) is 17.4 Å². The summed E-state index contributed by atoms with van der Waals surface area (Å²) < 4.78 is 7.42. The van der Waals surface area contributed by atoms with Crippen molar-refractivity contribution in [3.8, 4) is 5.75 Å². The molecule has 0 spiro atoms. The highest BCUT2D eigenvalue weighted by molar-refractivity contribution is 6.34. The normalized spacial score (nSPS) is 11.1. The van der Waals surface area contributed by atoms with E-state index < -0.39 is 0 Å². The predicted octanol–water partition coefficient (Wildman–Crippen LogP) is 2.91. The number of ether oxygens (including phenoxy) is 1. The second kappa shape index (κ2) is 4.59. The lowest BCUT2D eigenvalue weighted by Gasteiger charge is -2.04. The van der Waals surface area contributed by atoms with Crippen LogP contribution in [0.15, 0.2) is 24.3 Å². The lowest BCUT2D eigenvalue weighted by molar-refractivity contribution is 0.292. The van der Waals surface area contributed by atoms with Crippen LogP contribution in [0, 0.1) is 13.8 Å². The fourth-order valence-electron chi connectivity index (χ4n) is 1.84. The summed E-state index contributed by atoms with van der Waals surface area (Å²) in [5.41, 5.74) is 2.69. The second-order valence-corrected chi connectivity index (χ2v) is 4.81. The zero-order valence-electron chi connectivity index (χ0n) is 10.6. The van der Waals surface area contributed by atoms with Crippen molar-refractivity contribution < 1.29 is 4.74 Å². The fourth-order valence-corrected chi connectivity index (χ4v) is 2.00. The van der Waals surface area contributed by atoms with Gasteiger partial charge in [-0.05, 0) is 26.0 Å². The molecule has 0 aliphatic carbocycles. The van der Waals surface area contributed by atoms with Crippen molar-refractivity contribution >= 4 is 17.2 Å². The average Bonchev–Trinajstić information content (AvgIpc) is 2.91. The number of fused-ring (bicyclic) bond motifs is 1. The molecule has 19 heavy (non-hydrogen) atoms. The maximum atomic E-state index is 6.09. The first-order valence-corrected chi connectivity index (χ1v) is 6.30. The first-order valence-electron chi connectivity index (χ1n) is 5.92. The molecule has 0 radical (unpaired) electrons. The number of rotatable bonds is 3. The van der Waals surface area contributed by atoms with Gasteiger partial charge in [0, 0.05) is 0 Å². The monoisotopic (exact) mass is 276 g/mol. The number of aromatic nitrogens is 4. The summed E-state index contributed by atoms with van der Waals surface area (Å²) >= 11 is 6.09. The predicted molar refractivity (Wildman–Crippen MR) is 72.6 cm³/mol. The van der Waals surface area contributed by atoms with Crippen LogP contribution in [0.4, 0.5) is 0 Å². The van der Waals surface area contributed by atoms with E-state index >= 15 is 0 Å². The summed E-state index contributed by atoms with van der Waals surface area (Å²) in [6, 6.07) is 7.87. The number of aryl methyl sites for hydroxylation is 2. The Bertz CT molecular complexity index is 714. The molecule has 0 aliphatic heterocycles. The van der Waals surface area contributed by atoms with Crippen molar-refractivity contribution in [3.05, 3.63) is 46.4 Å². The van der Waals surface area contributed by atoms with Crippen molar-refractivity contribution in [2.75, 3.05) is 0 Å². The molecule has 0 fully saturated rings. The maximum Gasteiger partial charge on any atom is 0.196 e. The topological polar surface area (TPSA) is 55.2 Å². The molecule has 0 amide bonds. The number of hydrogen-bond acceptors (Lipinski definition) is 3. The highest BCUT2D eigenvalue weighted by Gasteiger charge is 2.13. The Balaban J connectivity index is 1.82. The van der Waals surface area contributed by atoms with E-state index in [0.29, 0.717) is 23.1 Å². The number of nitrogens with zero attached hydrogens (tertiary/aromatic N) is 3. The van der Waals surface area contributed by atoms with Gasteiger partial charge in [0.2, 0.25) is 0 Å². The summed E-state index contributed by atoms with van der Waals surface area (Å²) in [5, 5.41) is 11.8. The van der Waals surface area contributed by atoms with E-state index in [1.165, 1.54) is 5.56 Å². The summed E-state index contributed by atoms with van der Waals surface area (Å²) in [6.45, 7) is 4.26. The van der Waals surface area contributed by atoms with Crippen LogP contribution in [0.3, 0.4) is 0 Å². The van der Waals surface area contributed by atoms with Crippen LogP contribution in [0.2, 0.25) is 5.02 Å². The molecule has 2 aromatic heterocycles. The Kier molecular flexibility index (Phi) is 2.91. The third-order valence-corrected chi connectivity index (χ3v) is 3.38. The standard InChI is InChI=1S/C13H13ClN4O/c1-8-3-5-10(6-4-8)19-7-11-15-16-13-12(14)9(2)17-18(11)13/h3-6,17H,7H2,1-2H3. The van der Waals surface area contributed by atoms with Gasteiger partial charge in [0.25, 0.3) is 0 Å². The Hall–Kier alpha value is -2.01. The van der Waals surface area contributed by atoms with Crippen molar-refractivity contribution in [1.29, 1.82) is 0 Å². The van der Waals surface area contributed by atoms with E-state index in [9.17, 15) is 0 Å². The summed E-state index contributed by atoms with van der Waals surface area (Å²) in [4.78, 5) is 0. The molecule has 0 bridgehead atoms. The number of nitrogens with one attached hydrogen (secondary N) is 1. The number of benzene rings is 1. The first kappa shape index (κ1) is 12.0. The largest absolute Gasteiger partial charge is 0.486 e. The van der Waals surface area contributed by atoms with Gasteiger partial charge >= 0.3 is 0 Å².